The van der Waals surface area contributed by atoms with Gasteiger partial charge in [-0.05, 0) is 51.1 Å². The van der Waals surface area contributed by atoms with Gasteiger partial charge in [-0.25, -0.2) is 0 Å². The zero-order valence-electron chi connectivity index (χ0n) is 13.3. The highest BCUT2D eigenvalue weighted by atomic mass is 35.5. The van der Waals surface area contributed by atoms with E-state index in [1.807, 2.05) is 6.92 Å². The summed E-state index contributed by atoms with van der Waals surface area (Å²) in [6.45, 7) is 3.22. The Morgan fingerprint density at radius 2 is 2.04 bits per heavy atom. The third-order valence-corrected chi connectivity index (χ3v) is 4.57. The molecule has 0 aliphatic carbocycles. The number of hydrogen-bond donors (Lipinski definition) is 2. The van der Waals surface area contributed by atoms with E-state index in [0.29, 0.717) is 42.4 Å². The third-order valence-electron chi connectivity index (χ3n) is 4.28. The summed E-state index contributed by atoms with van der Waals surface area (Å²) in [5, 5.41) is 3.30. The van der Waals surface area contributed by atoms with E-state index in [9.17, 15) is 9.59 Å². The van der Waals surface area contributed by atoms with E-state index in [2.05, 4.69) is 10.2 Å². The molecule has 0 unspecified atom stereocenters. The van der Waals surface area contributed by atoms with Crippen LogP contribution in [0.4, 0.5) is 5.69 Å². The lowest BCUT2D eigenvalue weighted by atomic mass is 9.95. The van der Waals surface area contributed by atoms with Crippen LogP contribution in [0.25, 0.3) is 0 Å². The molecule has 6 nitrogen and oxygen atoms in total. The van der Waals surface area contributed by atoms with Crippen LogP contribution in [0.1, 0.15) is 19.8 Å². The van der Waals surface area contributed by atoms with Gasteiger partial charge in [-0.2, -0.15) is 0 Å². The summed E-state index contributed by atoms with van der Waals surface area (Å²) >= 11 is 6.06. The van der Waals surface area contributed by atoms with E-state index in [4.69, 9.17) is 22.1 Å². The highest BCUT2D eigenvalue weighted by Crippen LogP contribution is 2.27. The van der Waals surface area contributed by atoms with Crippen LogP contribution < -0.4 is 15.8 Å². The minimum atomic E-state index is -0.287. The van der Waals surface area contributed by atoms with Gasteiger partial charge < -0.3 is 15.8 Å². The summed E-state index contributed by atoms with van der Waals surface area (Å²) < 4.78 is 5.09. The van der Waals surface area contributed by atoms with Crippen molar-refractivity contribution in [3.8, 4) is 5.75 Å². The maximum Gasteiger partial charge on any atom is 0.241 e. The Bertz CT molecular complexity index is 586. The zero-order chi connectivity index (χ0) is 17.0. The highest BCUT2D eigenvalue weighted by molar-refractivity contribution is 6.32. The predicted molar refractivity (Wildman–Crippen MR) is 89.6 cm³/mol. The van der Waals surface area contributed by atoms with Crippen molar-refractivity contribution in [1.82, 2.24) is 4.90 Å². The molecule has 0 radical (unpaired) electrons. The van der Waals surface area contributed by atoms with E-state index in [1.165, 1.54) is 7.11 Å². The Morgan fingerprint density at radius 1 is 1.39 bits per heavy atom. The van der Waals surface area contributed by atoms with Gasteiger partial charge in [0.05, 0.1) is 18.2 Å². The summed E-state index contributed by atoms with van der Waals surface area (Å²) in [7, 11) is 1.54. The fourth-order valence-electron chi connectivity index (χ4n) is 2.73. The molecule has 1 fully saturated rings. The summed E-state index contributed by atoms with van der Waals surface area (Å²) in [4.78, 5) is 25.6. The topological polar surface area (TPSA) is 84.7 Å². The molecule has 1 atom stereocenters. The van der Waals surface area contributed by atoms with Gasteiger partial charge in [0.25, 0.3) is 0 Å². The predicted octanol–water partition coefficient (Wildman–Crippen LogP) is 1.87. The first-order chi connectivity index (χ1) is 10.9. The molecule has 126 valence electrons. The van der Waals surface area contributed by atoms with Crippen molar-refractivity contribution in [1.29, 1.82) is 0 Å². The quantitative estimate of drug-likeness (QED) is 0.857. The Hall–Kier alpha value is -1.79. The average Bonchev–Trinajstić information content (AvgIpc) is 2.54. The Balaban J connectivity index is 1.93. The number of ether oxygens (including phenoxy) is 1. The molecule has 23 heavy (non-hydrogen) atoms. The van der Waals surface area contributed by atoms with Crippen molar-refractivity contribution >= 4 is 29.1 Å². The molecule has 3 N–H and O–H groups in total. The average molecular weight is 340 g/mol. The van der Waals surface area contributed by atoms with E-state index in [0.717, 1.165) is 0 Å². The second kappa shape index (κ2) is 7.66. The summed E-state index contributed by atoms with van der Waals surface area (Å²) in [6, 6.07) is 4.82. The van der Waals surface area contributed by atoms with Gasteiger partial charge in [0.15, 0.2) is 0 Å². The standard InChI is InChI=1S/C16H22ClN3O3/c1-10(20-7-5-11(6-8-20)15(18)21)16(22)19-12-3-4-14(23-2)13(17)9-12/h3-4,9-11H,5-8H2,1-2H3,(H2,18,21)(H,19,22)/t10-/m0/s1. The highest BCUT2D eigenvalue weighted by Gasteiger charge is 2.28. The van der Waals surface area contributed by atoms with E-state index < -0.39 is 0 Å². The first kappa shape index (κ1) is 17.6. The van der Waals surface area contributed by atoms with Crippen LogP contribution >= 0.6 is 11.6 Å². The SMILES string of the molecule is COc1ccc(NC(=O)[C@H](C)N2CCC(C(N)=O)CC2)cc1Cl. The van der Waals surface area contributed by atoms with Crippen LogP contribution in [0.5, 0.6) is 5.75 Å². The lowest BCUT2D eigenvalue weighted by molar-refractivity contribution is -0.124. The number of carbonyl (C=O) groups is 2. The molecule has 7 heteroatoms. The van der Waals surface area contributed by atoms with Gasteiger partial charge in [0, 0.05) is 11.6 Å². The summed E-state index contributed by atoms with van der Waals surface area (Å²) in [5.41, 5.74) is 5.95. The van der Waals surface area contributed by atoms with Gasteiger partial charge in [-0.15, -0.1) is 0 Å². The molecule has 2 amide bonds. The minimum absolute atomic E-state index is 0.0816. The number of amides is 2. The van der Waals surface area contributed by atoms with Gasteiger partial charge in [-0.1, -0.05) is 11.6 Å². The third kappa shape index (κ3) is 4.36. The van der Waals surface area contributed by atoms with E-state index in [-0.39, 0.29) is 23.8 Å². The molecule has 1 saturated heterocycles. The molecule has 1 aliphatic rings. The summed E-state index contributed by atoms with van der Waals surface area (Å²) in [5.74, 6) is 0.117. The maximum absolute atomic E-state index is 12.4. The Kier molecular flexibility index (Phi) is 5.85. The second-order valence-corrected chi connectivity index (χ2v) is 6.13. The smallest absolute Gasteiger partial charge is 0.241 e. The molecule has 0 saturated carbocycles. The number of nitrogens with two attached hydrogens (primary N) is 1. The number of methoxy groups -OCH3 is 1. The van der Waals surface area contributed by atoms with Crippen LogP contribution in [0.3, 0.4) is 0 Å². The number of piperidine rings is 1. The largest absolute Gasteiger partial charge is 0.495 e. The van der Waals surface area contributed by atoms with Gasteiger partial charge >= 0.3 is 0 Å². The lowest BCUT2D eigenvalue weighted by Crippen LogP contribution is -2.47. The van der Waals surface area contributed by atoms with E-state index >= 15 is 0 Å². The Morgan fingerprint density at radius 3 is 2.57 bits per heavy atom. The number of halogens is 1. The molecule has 0 spiro atoms. The lowest BCUT2D eigenvalue weighted by Gasteiger charge is -2.34. The normalized spacial score (nSPS) is 17.5. The van der Waals surface area contributed by atoms with Crippen LogP contribution in [-0.4, -0.2) is 43.0 Å². The monoisotopic (exact) mass is 339 g/mol. The molecule has 0 aromatic heterocycles. The van der Waals surface area contributed by atoms with Crippen LogP contribution in [0.2, 0.25) is 5.02 Å². The van der Waals surface area contributed by atoms with Crippen LogP contribution in [-0.2, 0) is 9.59 Å². The number of primary amides is 1. The van der Waals surface area contributed by atoms with Crippen LogP contribution in [0.15, 0.2) is 18.2 Å². The summed E-state index contributed by atoms with van der Waals surface area (Å²) in [6.07, 6.45) is 1.39. The first-order valence-corrected chi connectivity index (χ1v) is 7.98. The molecule has 1 aromatic carbocycles. The number of rotatable bonds is 5. The van der Waals surface area contributed by atoms with Crippen molar-refractivity contribution in [2.24, 2.45) is 11.7 Å². The van der Waals surface area contributed by atoms with Crippen molar-refractivity contribution < 1.29 is 14.3 Å². The molecular formula is C16H22ClN3O3. The molecule has 0 bridgehead atoms. The van der Waals surface area contributed by atoms with Gasteiger partial charge in [-0.3, -0.25) is 14.5 Å². The fourth-order valence-corrected chi connectivity index (χ4v) is 2.99. The molecular weight excluding hydrogens is 318 g/mol. The van der Waals surface area contributed by atoms with Crippen molar-refractivity contribution in [2.45, 2.75) is 25.8 Å². The molecule has 2 rings (SSSR count). The van der Waals surface area contributed by atoms with Crippen molar-refractivity contribution in [2.75, 3.05) is 25.5 Å². The fraction of sp³-hybridized carbons (Fsp3) is 0.500. The number of likely N-dealkylation sites (tertiary alicyclic amines) is 1. The van der Waals surface area contributed by atoms with Gasteiger partial charge in [0.1, 0.15) is 5.75 Å². The van der Waals surface area contributed by atoms with Gasteiger partial charge in [0.2, 0.25) is 11.8 Å². The Labute approximate surface area is 140 Å². The number of nitrogens with zero attached hydrogens (tertiary/aromatic N) is 1. The number of benzene rings is 1. The van der Waals surface area contributed by atoms with E-state index in [1.54, 1.807) is 18.2 Å². The number of carbonyl (C=O) groups excluding carboxylic acids is 2. The maximum atomic E-state index is 12.4. The van der Waals surface area contributed by atoms with Crippen LogP contribution in [0, 0.1) is 5.92 Å². The second-order valence-electron chi connectivity index (χ2n) is 5.73. The van der Waals surface area contributed by atoms with Crippen molar-refractivity contribution in [3.63, 3.8) is 0 Å². The van der Waals surface area contributed by atoms with Crippen molar-refractivity contribution in [3.05, 3.63) is 23.2 Å². The number of anilines is 1. The number of hydrogen-bond acceptors (Lipinski definition) is 4. The molecule has 1 aromatic rings. The zero-order valence-corrected chi connectivity index (χ0v) is 14.1. The first-order valence-electron chi connectivity index (χ1n) is 7.60. The molecule has 1 aliphatic heterocycles. The minimum Gasteiger partial charge on any atom is -0.495 e. The molecule has 1 heterocycles. The number of nitrogens with one attached hydrogen (secondary N) is 1.